The number of aromatic nitrogens is 1. The van der Waals surface area contributed by atoms with Gasteiger partial charge in [-0.05, 0) is 35.2 Å². The summed E-state index contributed by atoms with van der Waals surface area (Å²) in [7, 11) is -2.87. The maximum absolute atomic E-state index is 12.2. The number of hydrogen-bond acceptors (Lipinski definition) is 4. The van der Waals surface area contributed by atoms with Crippen molar-refractivity contribution >= 4 is 31.3 Å². The van der Waals surface area contributed by atoms with Crippen molar-refractivity contribution in [2.75, 3.05) is 11.5 Å². The van der Waals surface area contributed by atoms with Crippen molar-refractivity contribution in [3.05, 3.63) is 34.1 Å². The van der Waals surface area contributed by atoms with E-state index >= 15 is 0 Å². The van der Waals surface area contributed by atoms with Crippen molar-refractivity contribution < 1.29 is 8.42 Å². The molecule has 2 aromatic rings. The normalized spacial score (nSPS) is 22.6. The number of pyridine rings is 1. The zero-order chi connectivity index (χ0) is 12.8. The number of rotatable bonds is 2. The molecular weight excluding hydrogens is 270 g/mol. The Morgan fingerprint density at radius 3 is 2.94 bits per heavy atom. The minimum Gasteiger partial charge on any atom is -0.314 e. The third-order valence-electron chi connectivity index (χ3n) is 3.37. The van der Waals surface area contributed by atoms with Gasteiger partial charge in [0.05, 0.1) is 16.2 Å². The van der Waals surface area contributed by atoms with Crippen LogP contribution in [0.5, 0.6) is 0 Å². The molecule has 2 aromatic heterocycles. The minimum absolute atomic E-state index is 0.00759. The molecule has 1 aliphatic rings. The van der Waals surface area contributed by atoms with Gasteiger partial charge < -0.3 is 4.57 Å². The van der Waals surface area contributed by atoms with Gasteiger partial charge in [0.15, 0.2) is 9.84 Å². The molecular formula is C12H13NO3S2. The first-order chi connectivity index (χ1) is 8.55. The van der Waals surface area contributed by atoms with Gasteiger partial charge in [-0.15, -0.1) is 11.3 Å². The van der Waals surface area contributed by atoms with Gasteiger partial charge in [-0.1, -0.05) is 0 Å². The van der Waals surface area contributed by atoms with Crippen LogP contribution in [-0.4, -0.2) is 24.5 Å². The molecule has 1 aliphatic heterocycles. The first-order valence-corrected chi connectivity index (χ1v) is 8.52. The topological polar surface area (TPSA) is 56.1 Å². The number of hydrogen-bond donors (Lipinski definition) is 0. The Hall–Kier alpha value is -1.14. The van der Waals surface area contributed by atoms with Crippen LogP contribution in [0.3, 0.4) is 0 Å². The standard InChI is InChI=1S/C12H13NO3S2/c14-12-11-10(2-5-17-11)1-4-13(12)7-9-3-6-18(15,16)8-9/h1-2,4-5,9H,3,6-8H2. The summed E-state index contributed by atoms with van der Waals surface area (Å²) in [5.74, 6) is 0.542. The van der Waals surface area contributed by atoms with E-state index in [1.54, 1.807) is 10.8 Å². The van der Waals surface area contributed by atoms with Gasteiger partial charge >= 0.3 is 0 Å². The summed E-state index contributed by atoms with van der Waals surface area (Å²) < 4.78 is 25.2. The highest BCUT2D eigenvalue weighted by molar-refractivity contribution is 7.91. The first-order valence-electron chi connectivity index (χ1n) is 5.82. The molecule has 18 heavy (non-hydrogen) atoms. The third-order valence-corrected chi connectivity index (χ3v) is 6.12. The van der Waals surface area contributed by atoms with E-state index in [-0.39, 0.29) is 23.0 Å². The first kappa shape index (κ1) is 11.9. The van der Waals surface area contributed by atoms with E-state index in [0.717, 1.165) is 10.1 Å². The SMILES string of the molecule is O=c1c2sccc2ccn1CC1CCS(=O)(=O)C1. The van der Waals surface area contributed by atoms with Gasteiger partial charge in [0.2, 0.25) is 0 Å². The zero-order valence-electron chi connectivity index (χ0n) is 9.70. The third kappa shape index (κ3) is 2.10. The lowest BCUT2D eigenvalue weighted by Gasteiger charge is -2.10. The Morgan fingerprint density at radius 2 is 2.22 bits per heavy atom. The van der Waals surface area contributed by atoms with Crippen LogP contribution < -0.4 is 5.56 Å². The quantitative estimate of drug-likeness (QED) is 0.839. The van der Waals surface area contributed by atoms with Crippen LogP contribution in [0.25, 0.3) is 10.1 Å². The number of nitrogens with zero attached hydrogens (tertiary/aromatic N) is 1. The monoisotopic (exact) mass is 283 g/mol. The number of thiophene rings is 1. The van der Waals surface area contributed by atoms with Crippen molar-refractivity contribution in [3.63, 3.8) is 0 Å². The van der Waals surface area contributed by atoms with Gasteiger partial charge in [-0.2, -0.15) is 0 Å². The molecule has 0 spiro atoms. The van der Waals surface area contributed by atoms with E-state index < -0.39 is 9.84 Å². The fraction of sp³-hybridized carbons (Fsp3) is 0.417. The maximum atomic E-state index is 12.2. The van der Waals surface area contributed by atoms with Crippen molar-refractivity contribution in [2.24, 2.45) is 5.92 Å². The lowest BCUT2D eigenvalue weighted by Crippen LogP contribution is -2.23. The summed E-state index contributed by atoms with van der Waals surface area (Å²) in [5.41, 5.74) is -0.00759. The molecule has 0 bridgehead atoms. The summed E-state index contributed by atoms with van der Waals surface area (Å²) in [5, 5.41) is 2.86. The predicted octanol–water partition coefficient (Wildman–Crippen LogP) is 1.50. The molecule has 1 atom stereocenters. The van der Waals surface area contributed by atoms with Crippen molar-refractivity contribution in [1.29, 1.82) is 0 Å². The zero-order valence-corrected chi connectivity index (χ0v) is 11.3. The predicted molar refractivity (Wildman–Crippen MR) is 72.8 cm³/mol. The van der Waals surface area contributed by atoms with Gasteiger partial charge in [0.25, 0.3) is 5.56 Å². The Balaban J connectivity index is 1.92. The van der Waals surface area contributed by atoms with Crippen LogP contribution in [0.4, 0.5) is 0 Å². The van der Waals surface area contributed by atoms with Gasteiger partial charge in [0.1, 0.15) is 0 Å². The number of fused-ring (bicyclic) bond motifs is 1. The largest absolute Gasteiger partial charge is 0.314 e. The summed E-state index contributed by atoms with van der Waals surface area (Å²) >= 11 is 1.43. The Bertz CT molecular complexity index is 742. The molecule has 0 radical (unpaired) electrons. The molecule has 4 nitrogen and oxygen atoms in total. The summed E-state index contributed by atoms with van der Waals surface area (Å²) in [4.78, 5) is 12.2. The van der Waals surface area contributed by atoms with Crippen LogP contribution in [0, 0.1) is 5.92 Å². The molecule has 0 aliphatic carbocycles. The van der Waals surface area contributed by atoms with E-state index in [2.05, 4.69) is 0 Å². The molecule has 0 N–H and O–H groups in total. The maximum Gasteiger partial charge on any atom is 0.268 e. The fourth-order valence-electron chi connectivity index (χ4n) is 2.43. The highest BCUT2D eigenvalue weighted by atomic mass is 32.2. The summed E-state index contributed by atoms with van der Waals surface area (Å²) in [6.45, 7) is 0.506. The van der Waals surface area contributed by atoms with E-state index in [9.17, 15) is 13.2 Å². The van der Waals surface area contributed by atoms with Crippen molar-refractivity contribution in [3.8, 4) is 0 Å². The molecule has 1 unspecified atom stereocenters. The Labute approximate surface area is 109 Å². The number of sulfone groups is 1. The summed E-state index contributed by atoms with van der Waals surface area (Å²) in [6.07, 6.45) is 2.43. The second-order valence-corrected chi connectivity index (χ2v) is 7.89. The fourth-order valence-corrected chi connectivity index (χ4v) is 5.12. The smallest absolute Gasteiger partial charge is 0.268 e. The molecule has 0 saturated carbocycles. The average Bonchev–Trinajstić information content (AvgIpc) is 2.89. The Kier molecular flexibility index (Phi) is 2.79. The molecule has 1 saturated heterocycles. The molecule has 0 amide bonds. The van der Waals surface area contributed by atoms with Gasteiger partial charge in [0, 0.05) is 12.7 Å². The lowest BCUT2D eigenvalue weighted by molar-refractivity contribution is 0.483. The molecule has 0 aromatic carbocycles. The second-order valence-electron chi connectivity index (χ2n) is 4.75. The highest BCUT2D eigenvalue weighted by Gasteiger charge is 2.28. The van der Waals surface area contributed by atoms with E-state index in [1.165, 1.54) is 11.3 Å². The van der Waals surface area contributed by atoms with Crippen molar-refractivity contribution in [2.45, 2.75) is 13.0 Å². The van der Waals surface area contributed by atoms with Crippen LogP contribution >= 0.6 is 11.3 Å². The van der Waals surface area contributed by atoms with Crippen LogP contribution in [0.2, 0.25) is 0 Å². The van der Waals surface area contributed by atoms with Crippen molar-refractivity contribution in [1.82, 2.24) is 4.57 Å². The molecule has 6 heteroatoms. The molecule has 3 rings (SSSR count). The average molecular weight is 283 g/mol. The second kappa shape index (κ2) is 4.20. The molecule has 1 fully saturated rings. The van der Waals surface area contributed by atoms with Gasteiger partial charge in [-0.25, -0.2) is 8.42 Å². The minimum atomic E-state index is -2.87. The summed E-state index contributed by atoms with van der Waals surface area (Å²) in [6, 6.07) is 3.84. The van der Waals surface area contributed by atoms with E-state index in [4.69, 9.17) is 0 Å². The van der Waals surface area contributed by atoms with Crippen LogP contribution in [0.15, 0.2) is 28.5 Å². The molecule has 96 valence electrons. The van der Waals surface area contributed by atoms with E-state index in [1.807, 2.05) is 17.5 Å². The lowest BCUT2D eigenvalue weighted by atomic mass is 10.1. The van der Waals surface area contributed by atoms with Gasteiger partial charge in [-0.3, -0.25) is 4.79 Å². The van der Waals surface area contributed by atoms with Crippen LogP contribution in [0.1, 0.15) is 6.42 Å². The Morgan fingerprint density at radius 1 is 1.39 bits per heavy atom. The van der Waals surface area contributed by atoms with Crippen LogP contribution in [-0.2, 0) is 16.4 Å². The van der Waals surface area contributed by atoms with E-state index in [0.29, 0.717) is 13.0 Å². The molecule has 3 heterocycles. The highest BCUT2D eigenvalue weighted by Crippen LogP contribution is 2.21.